The minimum atomic E-state index is -4.28. The molecule has 0 saturated heterocycles. The lowest BCUT2D eigenvalue weighted by molar-refractivity contribution is -0.140. The highest BCUT2D eigenvalue weighted by Gasteiger charge is 2.32. The summed E-state index contributed by atoms with van der Waals surface area (Å²) in [7, 11) is 4.56. The highest BCUT2D eigenvalue weighted by atomic mass is 19.4. The summed E-state index contributed by atoms with van der Waals surface area (Å²) >= 11 is 0. The summed E-state index contributed by atoms with van der Waals surface area (Å²) < 4.78 is 55.2. The van der Waals surface area contributed by atoms with Gasteiger partial charge in [-0.1, -0.05) is 6.92 Å². The fourth-order valence-electron chi connectivity index (χ4n) is 3.83. The minimum Gasteiger partial charge on any atom is -0.491 e. The number of carbonyl (C=O) groups is 2. The number of nitrogens with zero attached hydrogens (tertiary/aromatic N) is 2. The standard InChI is InChI=1S/C23H34F3N3O5/c1-15-11-29(9-8-23(24,25)26)16(2)13-34-19-10-17(27-21(30)14-32-4)6-7-18(19)22(31)28(3)12-20(15)33-5/h6-7,10,15-16,20H,8-9,11-14H2,1-5H3,(H,27,30)/t15-,16-,20-/m1/s1. The number of hydrogen-bond acceptors (Lipinski definition) is 6. The number of ether oxygens (including phenoxy) is 3. The number of rotatable bonds is 6. The smallest absolute Gasteiger partial charge is 0.390 e. The van der Waals surface area contributed by atoms with E-state index in [0.717, 1.165) is 0 Å². The summed E-state index contributed by atoms with van der Waals surface area (Å²) in [5.74, 6) is -0.561. The third-order valence-electron chi connectivity index (χ3n) is 5.82. The summed E-state index contributed by atoms with van der Waals surface area (Å²) in [6, 6.07) is 4.31. The first-order valence-electron chi connectivity index (χ1n) is 11.1. The molecule has 1 aliphatic heterocycles. The van der Waals surface area contributed by atoms with Crippen LogP contribution in [0.1, 0.15) is 30.6 Å². The second-order valence-electron chi connectivity index (χ2n) is 8.65. The van der Waals surface area contributed by atoms with Gasteiger partial charge in [-0.05, 0) is 25.0 Å². The van der Waals surface area contributed by atoms with Gasteiger partial charge in [-0.2, -0.15) is 13.2 Å². The second kappa shape index (κ2) is 12.4. The Morgan fingerprint density at radius 3 is 2.56 bits per heavy atom. The van der Waals surface area contributed by atoms with Crippen LogP contribution in [0.2, 0.25) is 0 Å². The number of anilines is 1. The molecule has 0 bridgehead atoms. The lowest BCUT2D eigenvalue weighted by atomic mass is 10.0. The number of halogens is 3. The van der Waals surface area contributed by atoms with E-state index in [0.29, 0.717) is 12.2 Å². The Balaban J connectivity index is 2.37. The Hall–Kier alpha value is -2.37. The van der Waals surface area contributed by atoms with Gasteiger partial charge in [0.1, 0.15) is 19.0 Å². The van der Waals surface area contributed by atoms with Crippen molar-refractivity contribution in [3.63, 3.8) is 0 Å². The largest absolute Gasteiger partial charge is 0.491 e. The maximum Gasteiger partial charge on any atom is 0.390 e. The van der Waals surface area contributed by atoms with E-state index in [1.54, 1.807) is 31.0 Å². The van der Waals surface area contributed by atoms with Crippen molar-refractivity contribution in [1.29, 1.82) is 0 Å². The molecule has 0 spiro atoms. The van der Waals surface area contributed by atoms with Crippen molar-refractivity contribution in [3.05, 3.63) is 23.8 Å². The molecule has 1 heterocycles. The molecule has 0 saturated carbocycles. The number of likely N-dealkylation sites (N-methyl/N-ethyl adjacent to an activating group) is 1. The highest BCUT2D eigenvalue weighted by molar-refractivity contribution is 5.98. The number of fused-ring (bicyclic) bond motifs is 1. The van der Waals surface area contributed by atoms with Gasteiger partial charge in [0.25, 0.3) is 5.91 Å². The van der Waals surface area contributed by atoms with Crippen molar-refractivity contribution in [2.75, 3.05) is 59.4 Å². The van der Waals surface area contributed by atoms with Crippen molar-refractivity contribution in [1.82, 2.24) is 9.80 Å². The SMILES string of the molecule is COCC(=O)Nc1ccc2c(c1)OC[C@@H](C)N(CCC(F)(F)F)C[C@@H](C)[C@H](OC)CN(C)C2=O. The molecule has 1 aliphatic rings. The maximum absolute atomic E-state index is 13.2. The number of methoxy groups -OCH3 is 2. The fourth-order valence-corrected chi connectivity index (χ4v) is 3.83. The summed E-state index contributed by atoms with van der Waals surface area (Å²) in [5, 5.41) is 2.66. The third-order valence-corrected chi connectivity index (χ3v) is 5.82. The summed E-state index contributed by atoms with van der Waals surface area (Å²) in [6.45, 7) is 4.03. The molecular formula is C23H34F3N3O5. The molecular weight excluding hydrogens is 455 g/mol. The van der Waals surface area contributed by atoms with Gasteiger partial charge in [-0.3, -0.25) is 14.5 Å². The molecule has 3 atom stereocenters. The number of benzene rings is 1. The van der Waals surface area contributed by atoms with Gasteiger partial charge >= 0.3 is 6.18 Å². The van der Waals surface area contributed by atoms with Gasteiger partial charge < -0.3 is 24.4 Å². The molecule has 1 aromatic rings. The quantitative estimate of drug-likeness (QED) is 0.662. The first kappa shape index (κ1) is 27.9. The monoisotopic (exact) mass is 489 g/mol. The second-order valence-corrected chi connectivity index (χ2v) is 8.65. The number of alkyl halides is 3. The van der Waals surface area contributed by atoms with E-state index in [9.17, 15) is 22.8 Å². The molecule has 0 aliphatic carbocycles. The topological polar surface area (TPSA) is 80.3 Å². The van der Waals surface area contributed by atoms with Crippen molar-refractivity contribution in [3.8, 4) is 5.75 Å². The Morgan fingerprint density at radius 1 is 1.24 bits per heavy atom. The van der Waals surface area contributed by atoms with Crippen molar-refractivity contribution < 1.29 is 37.0 Å². The van der Waals surface area contributed by atoms with Crippen LogP contribution in [0.5, 0.6) is 5.75 Å². The van der Waals surface area contributed by atoms with Crippen LogP contribution >= 0.6 is 0 Å². The van der Waals surface area contributed by atoms with Gasteiger partial charge in [0, 0.05) is 58.7 Å². The molecule has 192 valence electrons. The maximum atomic E-state index is 13.2. The third kappa shape index (κ3) is 8.14. The zero-order chi connectivity index (χ0) is 25.5. The Bertz CT molecular complexity index is 837. The number of carbonyl (C=O) groups excluding carboxylic acids is 2. The van der Waals surface area contributed by atoms with E-state index < -0.39 is 12.6 Å². The molecule has 1 aromatic carbocycles. The molecule has 0 radical (unpaired) electrons. The van der Waals surface area contributed by atoms with E-state index in [1.807, 2.05) is 6.92 Å². The van der Waals surface area contributed by atoms with Crippen molar-refractivity contribution in [2.24, 2.45) is 5.92 Å². The van der Waals surface area contributed by atoms with Crippen LogP contribution in [0.25, 0.3) is 0 Å². The zero-order valence-electron chi connectivity index (χ0n) is 20.3. The van der Waals surface area contributed by atoms with Gasteiger partial charge in [0.2, 0.25) is 5.91 Å². The normalized spacial score (nSPS) is 22.9. The van der Waals surface area contributed by atoms with Gasteiger partial charge in [0.15, 0.2) is 0 Å². The Morgan fingerprint density at radius 2 is 1.94 bits per heavy atom. The van der Waals surface area contributed by atoms with E-state index in [2.05, 4.69) is 5.32 Å². The summed E-state index contributed by atoms with van der Waals surface area (Å²) in [6.07, 6.45) is -5.58. The van der Waals surface area contributed by atoms with Gasteiger partial charge in [0.05, 0.1) is 18.1 Å². The van der Waals surface area contributed by atoms with Crippen LogP contribution in [-0.4, -0.2) is 94.1 Å². The Kier molecular flexibility index (Phi) is 10.1. The molecule has 0 aromatic heterocycles. The van der Waals surface area contributed by atoms with E-state index in [-0.39, 0.29) is 67.5 Å². The number of nitrogens with one attached hydrogen (secondary N) is 1. The zero-order valence-corrected chi connectivity index (χ0v) is 20.3. The molecule has 0 fully saturated rings. The van der Waals surface area contributed by atoms with E-state index in [4.69, 9.17) is 14.2 Å². The number of hydrogen-bond donors (Lipinski definition) is 1. The molecule has 11 heteroatoms. The lowest BCUT2D eigenvalue weighted by Gasteiger charge is -2.36. The van der Waals surface area contributed by atoms with Crippen LogP contribution in [0.15, 0.2) is 18.2 Å². The van der Waals surface area contributed by atoms with Gasteiger partial charge in [-0.25, -0.2) is 0 Å². The van der Waals surface area contributed by atoms with Crippen LogP contribution in [0.3, 0.4) is 0 Å². The minimum absolute atomic E-state index is 0.0572. The predicted molar refractivity (Wildman–Crippen MR) is 121 cm³/mol. The van der Waals surface area contributed by atoms with Gasteiger partial charge in [-0.15, -0.1) is 0 Å². The van der Waals surface area contributed by atoms with Crippen LogP contribution in [0.4, 0.5) is 18.9 Å². The summed E-state index contributed by atoms with van der Waals surface area (Å²) in [4.78, 5) is 28.3. The van der Waals surface area contributed by atoms with Crippen molar-refractivity contribution in [2.45, 2.75) is 38.6 Å². The molecule has 2 rings (SSSR count). The fraction of sp³-hybridized carbons (Fsp3) is 0.652. The molecule has 0 unspecified atom stereocenters. The average molecular weight is 490 g/mol. The van der Waals surface area contributed by atoms with Crippen molar-refractivity contribution >= 4 is 17.5 Å². The highest BCUT2D eigenvalue weighted by Crippen LogP contribution is 2.27. The average Bonchev–Trinajstić information content (AvgIpc) is 2.76. The predicted octanol–water partition coefficient (Wildman–Crippen LogP) is 3.03. The lowest BCUT2D eigenvalue weighted by Crippen LogP contribution is -2.47. The van der Waals surface area contributed by atoms with Crippen LogP contribution < -0.4 is 10.1 Å². The molecule has 1 N–H and O–H groups in total. The van der Waals surface area contributed by atoms with E-state index in [1.165, 1.54) is 25.2 Å². The molecule has 2 amide bonds. The Labute approximate surface area is 198 Å². The van der Waals surface area contributed by atoms with E-state index >= 15 is 0 Å². The molecule has 34 heavy (non-hydrogen) atoms. The van der Waals surface area contributed by atoms with Crippen LogP contribution in [-0.2, 0) is 14.3 Å². The first-order chi connectivity index (χ1) is 15.9. The molecule has 8 nitrogen and oxygen atoms in total. The summed E-state index contributed by atoms with van der Waals surface area (Å²) in [5.41, 5.74) is 0.692. The number of amides is 2. The first-order valence-corrected chi connectivity index (χ1v) is 11.1. The van der Waals surface area contributed by atoms with Crippen LogP contribution in [0, 0.1) is 5.92 Å².